The van der Waals surface area contributed by atoms with Gasteiger partial charge in [0, 0.05) is 5.69 Å². The lowest BCUT2D eigenvalue weighted by molar-refractivity contribution is -0.115. The maximum absolute atomic E-state index is 13.6. The van der Waals surface area contributed by atoms with E-state index in [1.54, 1.807) is 47.0 Å². The first-order chi connectivity index (χ1) is 17.5. The Morgan fingerprint density at radius 1 is 0.778 bits per heavy atom. The molecule has 0 aliphatic rings. The SMILES string of the molecule is Cc1cccc(Cn2c(=O)n(-c3ccc(CC(=O)Nc4ccccc4)cc3)c(=O)c3ccccc32)c1. The first kappa shape index (κ1) is 23.1. The van der Waals surface area contributed by atoms with Gasteiger partial charge < -0.3 is 5.32 Å². The highest BCUT2D eigenvalue weighted by atomic mass is 16.2. The fraction of sp³-hybridized carbons (Fsp3) is 0.100. The largest absolute Gasteiger partial charge is 0.336 e. The van der Waals surface area contributed by atoms with Crippen LogP contribution in [0.5, 0.6) is 0 Å². The molecular formula is C30H25N3O3. The van der Waals surface area contributed by atoms with E-state index in [0.717, 1.165) is 22.4 Å². The van der Waals surface area contributed by atoms with Crippen LogP contribution in [0.4, 0.5) is 5.69 Å². The first-order valence-corrected chi connectivity index (χ1v) is 11.7. The van der Waals surface area contributed by atoms with Gasteiger partial charge in [-0.25, -0.2) is 9.36 Å². The number of amides is 1. The highest BCUT2D eigenvalue weighted by Gasteiger charge is 2.15. The van der Waals surface area contributed by atoms with Gasteiger partial charge in [-0.2, -0.15) is 0 Å². The Morgan fingerprint density at radius 3 is 2.25 bits per heavy atom. The number of hydrogen-bond donors (Lipinski definition) is 1. The number of nitrogens with zero attached hydrogens (tertiary/aromatic N) is 2. The van der Waals surface area contributed by atoms with E-state index in [1.807, 2.05) is 67.6 Å². The predicted molar refractivity (Wildman–Crippen MR) is 143 cm³/mol. The number of rotatable bonds is 6. The van der Waals surface area contributed by atoms with Crippen LogP contribution in [0.3, 0.4) is 0 Å². The van der Waals surface area contributed by atoms with Gasteiger partial charge in [-0.1, -0.05) is 72.3 Å². The number of para-hydroxylation sites is 2. The zero-order valence-electron chi connectivity index (χ0n) is 19.8. The summed E-state index contributed by atoms with van der Waals surface area (Å²) in [5.41, 5.74) is 3.87. The molecule has 0 aliphatic heterocycles. The molecule has 0 aliphatic carbocycles. The van der Waals surface area contributed by atoms with Gasteiger partial charge in [0.25, 0.3) is 5.56 Å². The summed E-state index contributed by atoms with van der Waals surface area (Å²) in [6, 6.07) is 31.3. The Morgan fingerprint density at radius 2 is 1.50 bits per heavy atom. The van der Waals surface area contributed by atoms with Crippen LogP contribution >= 0.6 is 0 Å². The summed E-state index contributed by atoms with van der Waals surface area (Å²) in [5.74, 6) is -0.141. The molecule has 0 bridgehead atoms. The topological polar surface area (TPSA) is 73.1 Å². The number of nitrogens with one attached hydrogen (secondary N) is 1. The molecule has 0 saturated carbocycles. The van der Waals surface area contributed by atoms with E-state index >= 15 is 0 Å². The summed E-state index contributed by atoms with van der Waals surface area (Å²) in [4.78, 5) is 39.4. The Hall–Kier alpha value is -4.71. The second-order valence-corrected chi connectivity index (χ2v) is 8.77. The number of carbonyl (C=O) groups excluding carboxylic acids is 1. The van der Waals surface area contributed by atoms with E-state index in [4.69, 9.17) is 0 Å². The lowest BCUT2D eigenvalue weighted by atomic mass is 10.1. The molecule has 1 heterocycles. The van der Waals surface area contributed by atoms with Crippen molar-refractivity contribution < 1.29 is 4.79 Å². The first-order valence-electron chi connectivity index (χ1n) is 11.7. The highest BCUT2D eigenvalue weighted by Crippen LogP contribution is 2.14. The van der Waals surface area contributed by atoms with E-state index in [1.165, 1.54) is 4.57 Å². The van der Waals surface area contributed by atoms with Gasteiger partial charge in [-0.3, -0.25) is 14.2 Å². The van der Waals surface area contributed by atoms with Gasteiger partial charge in [-0.15, -0.1) is 0 Å². The van der Waals surface area contributed by atoms with Crippen molar-refractivity contribution in [3.8, 4) is 5.69 Å². The van der Waals surface area contributed by atoms with Crippen LogP contribution in [0.1, 0.15) is 16.7 Å². The monoisotopic (exact) mass is 475 g/mol. The molecule has 0 spiro atoms. The molecule has 0 fully saturated rings. The van der Waals surface area contributed by atoms with Crippen LogP contribution in [0.25, 0.3) is 16.6 Å². The van der Waals surface area contributed by atoms with E-state index in [2.05, 4.69) is 5.32 Å². The number of fused-ring (bicyclic) bond motifs is 1. The minimum absolute atomic E-state index is 0.141. The standard InChI is InChI=1S/C30H25N3O3/c1-21-8-7-9-23(18-21)20-32-27-13-6-5-12-26(27)29(35)33(30(32)36)25-16-14-22(15-17-25)19-28(34)31-24-10-3-2-4-11-24/h2-18H,19-20H2,1H3,(H,31,34). The Labute approximate surface area is 208 Å². The number of aromatic nitrogens is 2. The third-order valence-electron chi connectivity index (χ3n) is 6.09. The van der Waals surface area contributed by atoms with Crippen molar-refractivity contribution in [1.82, 2.24) is 9.13 Å². The molecule has 1 aromatic heterocycles. The van der Waals surface area contributed by atoms with Gasteiger partial charge in [0.05, 0.1) is 29.6 Å². The van der Waals surface area contributed by atoms with Crippen molar-refractivity contribution in [3.05, 3.63) is 141 Å². The number of aryl methyl sites for hydroxylation is 1. The summed E-state index contributed by atoms with van der Waals surface area (Å²) >= 11 is 0. The smallest absolute Gasteiger partial charge is 0.326 e. The Bertz CT molecular complexity index is 1670. The normalized spacial score (nSPS) is 10.9. The number of hydrogen-bond acceptors (Lipinski definition) is 3. The molecular weight excluding hydrogens is 450 g/mol. The van der Waals surface area contributed by atoms with Crippen molar-refractivity contribution in [2.24, 2.45) is 0 Å². The zero-order chi connectivity index (χ0) is 25.1. The molecule has 0 saturated heterocycles. The number of anilines is 1. The summed E-state index contributed by atoms with van der Waals surface area (Å²) in [6.45, 7) is 2.35. The summed E-state index contributed by atoms with van der Waals surface area (Å²) in [6.07, 6.45) is 0.180. The van der Waals surface area contributed by atoms with E-state index < -0.39 is 5.69 Å². The molecule has 36 heavy (non-hydrogen) atoms. The lowest BCUT2D eigenvalue weighted by Crippen LogP contribution is -2.39. The molecule has 5 aromatic rings. The third-order valence-corrected chi connectivity index (χ3v) is 6.09. The van der Waals surface area contributed by atoms with Crippen LogP contribution in [0.2, 0.25) is 0 Å². The molecule has 0 unspecified atom stereocenters. The molecule has 6 heteroatoms. The summed E-state index contributed by atoms with van der Waals surface area (Å²) in [5, 5.41) is 3.33. The molecule has 1 amide bonds. The molecule has 4 aromatic carbocycles. The second kappa shape index (κ2) is 9.88. The van der Waals surface area contributed by atoms with Crippen LogP contribution in [0.15, 0.2) is 113 Å². The molecule has 178 valence electrons. The minimum atomic E-state index is -0.408. The van der Waals surface area contributed by atoms with Crippen molar-refractivity contribution in [2.75, 3.05) is 5.32 Å². The summed E-state index contributed by atoms with van der Waals surface area (Å²) in [7, 11) is 0. The quantitative estimate of drug-likeness (QED) is 0.387. The second-order valence-electron chi connectivity index (χ2n) is 8.77. The fourth-order valence-electron chi connectivity index (χ4n) is 4.37. The fourth-order valence-corrected chi connectivity index (χ4v) is 4.37. The zero-order valence-corrected chi connectivity index (χ0v) is 19.8. The average molecular weight is 476 g/mol. The number of benzene rings is 4. The van der Waals surface area contributed by atoms with Gasteiger partial charge in [-0.05, 0) is 54.4 Å². The van der Waals surface area contributed by atoms with Gasteiger partial charge >= 0.3 is 5.69 Å². The number of carbonyl (C=O) groups is 1. The van der Waals surface area contributed by atoms with Crippen molar-refractivity contribution >= 4 is 22.5 Å². The van der Waals surface area contributed by atoms with Crippen LogP contribution in [0, 0.1) is 6.92 Å². The van der Waals surface area contributed by atoms with Crippen LogP contribution in [-0.2, 0) is 17.8 Å². The Kier molecular flexibility index (Phi) is 6.33. The average Bonchev–Trinajstić information content (AvgIpc) is 2.88. The van der Waals surface area contributed by atoms with Crippen molar-refractivity contribution in [3.63, 3.8) is 0 Å². The summed E-state index contributed by atoms with van der Waals surface area (Å²) < 4.78 is 2.83. The maximum atomic E-state index is 13.6. The van der Waals surface area contributed by atoms with Crippen molar-refractivity contribution in [1.29, 1.82) is 0 Å². The lowest BCUT2D eigenvalue weighted by Gasteiger charge is -2.15. The molecule has 5 rings (SSSR count). The van der Waals surface area contributed by atoms with E-state index in [0.29, 0.717) is 23.1 Å². The maximum Gasteiger partial charge on any atom is 0.336 e. The van der Waals surface area contributed by atoms with Crippen LogP contribution in [-0.4, -0.2) is 15.0 Å². The van der Waals surface area contributed by atoms with E-state index in [9.17, 15) is 14.4 Å². The van der Waals surface area contributed by atoms with Gasteiger partial charge in [0.15, 0.2) is 0 Å². The van der Waals surface area contributed by atoms with Crippen molar-refractivity contribution in [2.45, 2.75) is 19.9 Å². The van der Waals surface area contributed by atoms with Gasteiger partial charge in [0.1, 0.15) is 0 Å². The molecule has 0 radical (unpaired) electrons. The van der Waals surface area contributed by atoms with Crippen LogP contribution < -0.4 is 16.6 Å². The Balaban J connectivity index is 1.50. The minimum Gasteiger partial charge on any atom is -0.326 e. The highest BCUT2D eigenvalue weighted by molar-refractivity contribution is 5.92. The molecule has 1 N–H and O–H groups in total. The molecule has 6 nitrogen and oxygen atoms in total. The van der Waals surface area contributed by atoms with Gasteiger partial charge in [0.2, 0.25) is 5.91 Å². The van der Waals surface area contributed by atoms with E-state index in [-0.39, 0.29) is 17.9 Å². The third kappa shape index (κ3) is 4.74. The predicted octanol–water partition coefficient (Wildman–Crippen LogP) is 4.69. The molecule has 0 atom stereocenters.